The van der Waals surface area contributed by atoms with Gasteiger partial charge in [-0.2, -0.15) is 0 Å². The van der Waals surface area contributed by atoms with Crippen LogP contribution in [0, 0.1) is 12.7 Å². The summed E-state index contributed by atoms with van der Waals surface area (Å²) < 4.78 is 13.5. The molecule has 0 atom stereocenters. The molecule has 0 saturated carbocycles. The Labute approximate surface area is 127 Å². The van der Waals surface area contributed by atoms with Crippen LogP contribution in [0.3, 0.4) is 0 Å². The molecule has 0 unspecified atom stereocenters. The van der Waals surface area contributed by atoms with Gasteiger partial charge in [0, 0.05) is 23.5 Å². The zero-order valence-corrected chi connectivity index (χ0v) is 11.9. The Bertz CT molecular complexity index is 819. The van der Waals surface area contributed by atoms with E-state index in [1.807, 2.05) is 12.1 Å². The molecule has 3 rings (SSSR count). The van der Waals surface area contributed by atoms with Gasteiger partial charge in [-0.15, -0.1) is 0 Å². The highest BCUT2D eigenvalue weighted by molar-refractivity contribution is 5.79. The molecule has 3 aromatic rings. The van der Waals surface area contributed by atoms with Crippen molar-refractivity contribution >= 4 is 5.95 Å². The number of nitrogens with zero attached hydrogens (tertiary/aromatic N) is 3. The van der Waals surface area contributed by atoms with Crippen LogP contribution in [0.15, 0.2) is 48.8 Å². The lowest BCUT2D eigenvalue weighted by molar-refractivity contribution is 0.619. The van der Waals surface area contributed by atoms with Crippen LogP contribution in [-0.4, -0.2) is 15.0 Å². The average molecular weight is 295 g/mol. The Morgan fingerprint density at radius 3 is 2.73 bits per heavy atom. The number of hydrazine groups is 1. The van der Waals surface area contributed by atoms with Crippen molar-refractivity contribution in [3.05, 3.63) is 60.2 Å². The average Bonchev–Trinajstić information content (AvgIpc) is 2.57. The number of aryl methyl sites for hydroxylation is 1. The van der Waals surface area contributed by atoms with E-state index in [9.17, 15) is 4.39 Å². The molecule has 5 nitrogen and oxygen atoms in total. The van der Waals surface area contributed by atoms with Crippen LogP contribution in [0.5, 0.6) is 0 Å². The van der Waals surface area contributed by atoms with Crippen molar-refractivity contribution in [1.82, 2.24) is 15.0 Å². The first-order valence-electron chi connectivity index (χ1n) is 6.70. The Kier molecular flexibility index (Phi) is 3.76. The van der Waals surface area contributed by atoms with E-state index in [4.69, 9.17) is 5.84 Å². The fourth-order valence-corrected chi connectivity index (χ4v) is 2.21. The molecule has 0 saturated heterocycles. The second-order valence-corrected chi connectivity index (χ2v) is 4.77. The summed E-state index contributed by atoms with van der Waals surface area (Å²) >= 11 is 0. The van der Waals surface area contributed by atoms with Gasteiger partial charge in [-0.25, -0.2) is 20.2 Å². The van der Waals surface area contributed by atoms with E-state index < -0.39 is 0 Å². The lowest BCUT2D eigenvalue weighted by atomic mass is 10.0. The first kappa shape index (κ1) is 14.1. The summed E-state index contributed by atoms with van der Waals surface area (Å²) in [6.07, 6.45) is 3.31. The minimum atomic E-state index is -0.238. The topological polar surface area (TPSA) is 76.7 Å². The number of benzene rings is 1. The molecule has 0 spiro atoms. The number of halogens is 1. The first-order valence-corrected chi connectivity index (χ1v) is 6.70. The van der Waals surface area contributed by atoms with Crippen LogP contribution in [0.1, 0.15) is 5.56 Å². The molecule has 0 aliphatic heterocycles. The standard InChI is InChI=1S/C16H14FN5/c1-10-9-11(4-5-13(10)17)15-12(3-2-7-19-15)14-6-8-20-16(21-14)22-18/h2-9H,18H2,1H3,(H,20,21,22). The second-order valence-electron chi connectivity index (χ2n) is 4.77. The zero-order valence-electron chi connectivity index (χ0n) is 11.9. The predicted octanol–water partition coefficient (Wildman–Crippen LogP) is 2.94. The minimum absolute atomic E-state index is 0.238. The van der Waals surface area contributed by atoms with Crippen LogP contribution >= 0.6 is 0 Å². The number of nitrogen functional groups attached to an aromatic ring is 1. The van der Waals surface area contributed by atoms with Crippen molar-refractivity contribution in [2.24, 2.45) is 5.84 Å². The molecule has 2 aromatic heterocycles. The molecule has 22 heavy (non-hydrogen) atoms. The third kappa shape index (κ3) is 2.64. The quantitative estimate of drug-likeness (QED) is 0.574. The number of anilines is 1. The van der Waals surface area contributed by atoms with Crippen LogP contribution < -0.4 is 11.3 Å². The summed E-state index contributed by atoms with van der Waals surface area (Å²) in [5.41, 5.74) is 6.06. The highest BCUT2D eigenvalue weighted by Crippen LogP contribution is 2.30. The smallest absolute Gasteiger partial charge is 0.237 e. The highest BCUT2D eigenvalue weighted by atomic mass is 19.1. The molecule has 0 fully saturated rings. The Morgan fingerprint density at radius 2 is 1.95 bits per heavy atom. The van der Waals surface area contributed by atoms with Crippen molar-refractivity contribution < 1.29 is 4.39 Å². The van der Waals surface area contributed by atoms with E-state index in [-0.39, 0.29) is 5.82 Å². The molecule has 3 N–H and O–H groups in total. The van der Waals surface area contributed by atoms with E-state index in [1.165, 1.54) is 6.07 Å². The molecule has 110 valence electrons. The molecular weight excluding hydrogens is 281 g/mol. The van der Waals surface area contributed by atoms with Gasteiger partial charge < -0.3 is 0 Å². The van der Waals surface area contributed by atoms with E-state index in [0.717, 1.165) is 16.8 Å². The van der Waals surface area contributed by atoms with Gasteiger partial charge in [-0.05, 0) is 48.9 Å². The third-order valence-corrected chi connectivity index (χ3v) is 3.30. The molecule has 6 heteroatoms. The number of aromatic nitrogens is 3. The van der Waals surface area contributed by atoms with Gasteiger partial charge in [-0.3, -0.25) is 10.4 Å². The molecule has 0 bridgehead atoms. The van der Waals surface area contributed by atoms with Crippen LogP contribution in [0.4, 0.5) is 10.3 Å². The molecule has 0 aliphatic carbocycles. The SMILES string of the molecule is Cc1cc(-c2ncccc2-c2ccnc(NN)n2)ccc1F. The third-order valence-electron chi connectivity index (χ3n) is 3.30. The van der Waals surface area contributed by atoms with Crippen LogP contribution in [0.25, 0.3) is 22.5 Å². The molecule has 2 heterocycles. The first-order chi connectivity index (χ1) is 10.7. The number of hydrogen-bond acceptors (Lipinski definition) is 5. The summed E-state index contributed by atoms with van der Waals surface area (Å²) in [5, 5.41) is 0. The number of nitrogens with two attached hydrogens (primary N) is 1. The summed E-state index contributed by atoms with van der Waals surface area (Å²) in [7, 11) is 0. The second kappa shape index (κ2) is 5.87. The zero-order chi connectivity index (χ0) is 15.5. The summed E-state index contributed by atoms with van der Waals surface area (Å²) in [5.74, 6) is 5.43. The van der Waals surface area contributed by atoms with E-state index >= 15 is 0 Å². The number of nitrogens with one attached hydrogen (secondary N) is 1. The van der Waals surface area contributed by atoms with Crippen molar-refractivity contribution in [1.29, 1.82) is 0 Å². The number of rotatable bonds is 3. The molecular formula is C16H14FN5. The van der Waals surface area contributed by atoms with Gasteiger partial charge in [0.2, 0.25) is 5.95 Å². The lowest BCUT2D eigenvalue weighted by Crippen LogP contribution is -2.10. The minimum Gasteiger partial charge on any atom is -0.292 e. The van der Waals surface area contributed by atoms with Crippen molar-refractivity contribution in [3.63, 3.8) is 0 Å². The Morgan fingerprint density at radius 1 is 1.09 bits per heavy atom. The predicted molar refractivity (Wildman–Crippen MR) is 83.2 cm³/mol. The van der Waals surface area contributed by atoms with Crippen molar-refractivity contribution in [3.8, 4) is 22.5 Å². The largest absolute Gasteiger partial charge is 0.292 e. The molecule has 1 aromatic carbocycles. The van der Waals surface area contributed by atoms with Gasteiger partial charge >= 0.3 is 0 Å². The molecule has 0 aliphatic rings. The summed E-state index contributed by atoms with van der Waals surface area (Å²) in [6, 6.07) is 10.4. The highest BCUT2D eigenvalue weighted by Gasteiger charge is 2.11. The van der Waals surface area contributed by atoms with E-state index in [2.05, 4.69) is 20.4 Å². The van der Waals surface area contributed by atoms with E-state index in [1.54, 1.807) is 37.5 Å². The van der Waals surface area contributed by atoms with Crippen molar-refractivity contribution in [2.45, 2.75) is 6.92 Å². The van der Waals surface area contributed by atoms with Crippen molar-refractivity contribution in [2.75, 3.05) is 5.43 Å². The fourth-order valence-electron chi connectivity index (χ4n) is 2.21. The normalized spacial score (nSPS) is 10.5. The maximum Gasteiger partial charge on any atom is 0.237 e. The number of hydrogen-bond donors (Lipinski definition) is 2. The maximum atomic E-state index is 13.5. The fraction of sp³-hybridized carbons (Fsp3) is 0.0625. The summed E-state index contributed by atoms with van der Waals surface area (Å²) in [6.45, 7) is 1.72. The Balaban J connectivity index is 2.15. The maximum absolute atomic E-state index is 13.5. The van der Waals surface area contributed by atoms with Gasteiger partial charge in [0.05, 0.1) is 11.4 Å². The number of pyridine rings is 1. The van der Waals surface area contributed by atoms with Gasteiger partial charge in [-0.1, -0.05) is 0 Å². The van der Waals surface area contributed by atoms with Gasteiger partial charge in [0.1, 0.15) is 5.82 Å². The molecule has 0 amide bonds. The lowest BCUT2D eigenvalue weighted by Gasteiger charge is -2.10. The van der Waals surface area contributed by atoms with Crippen LogP contribution in [0.2, 0.25) is 0 Å². The van der Waals surface area contributed by atoms with Gasteiger partial charge in [0.25, 0.3) is 0 Å². The summed E-state index contributed by atoms with van der Waals surface area (Å²) in [4.78, 5) is 12.7. The molecule has 0 radical (unpaired) electrons. The van der Waals surface area contributed by atoms with Crippen LogP contribution in [-0.2, 0) is 0 Å². The Hall–Kier alpha value is -2.86. The van der Waals surface area contributed by atoms with E-state index in [0.29, 0.717) is 17.2 Å². The van der Waals surface area contributed by atoms with Gasteiger partial charge in [0.15, 0.2) is 0 Å². The monoisotopic (exact) mass is 295 g/mol.